The van der Waals surface area contributed by atoms with Crippen LogP contribution in [0.25, 0.3) is 11.1 Å². The molecule has 2 heterocycles. The molecule has 2 aliphatic rings. The molecule has 34 heavy (non-hydrogen) atoms. The van der Waals surface area contributed by atoms with Crippen molar-refractivity contribution in [2.75, 3.05) is 13.9 Å². The van der Waals surface area contributed by atoms with E-state index in [1.165, 1.54) is 13.2 Å². The lowest BCUT2D eigenvalue weighted by atomic mass is 9.92. The topological polar surface area (TPSA) is 80.3 Å². The molecule has 4 rings (SSSR count). The standard InChI is InChI=1S/C27H30O7/c1-16-12-20-18-9-7-10-19(14-18)24-25(34-27(3,4)33-24)21(28)11-6-8-17(2)32-26(29)23(20)22(13-16)31-15-30-5/h6-7,9-14,17,24-25H,8,15H2,1-5H3/b11-6-/t17-,24+,25+/m0/s1. The Morgan fingerprint density at radius 3 is 2.62 bits per heavy atom. The molecule has 0 saturated carbocycles. The second-order valence-electron chi connectivity index (χ2n) is 9.10. The molecule has 3 atom stereocenters. The maximum atomic E-state index is 13.3. The van der Waals surface area contributed by atoms with Gasteiger partial charge in [-0.1, -0.05) is 30.3 Å². The zero-order chi connectivity index (χ0) is 24.5. The maximum absolute atomic E-state index is 13.3. The maximum Gasteiger partial charge on any atom is 0.342 e. The van der Waals surface area contributed by atoms with E-state index in [1.54, 1.807) is 32.9 Å². The number of carbonyl (C=O) groups excluding carboxylic acids is 2. The van der Waals surface area contributed by atoms with E-state index in [2.05, 4.69) is 0 Å². The van der Waals surface area contributed by atoms with Crippen molar-refractivity contribution in [2.24, 2.45) is 0 Å². The third-order valence-corrected chi connectivity index (χ3v) is 5.74. The Bertz CT molecular complexity index is 1120. The number of benzene rings is 2. The summed E-state index contributed by atoms with van der Waals surface area (Å²) in [6, 6.07) is 11.3. The number of ether oxygens (including phenoxy) is 5. The van der Waals surface area contributed by atoms with Crippen molar-refractivity contribution < 1.29 is 33.3 Å². The fourth-order valence-corrected chi connectivity index (χ4v) is 4.28. The molecule has 1 saturated heterocycles. The predicted molar refractivity (Wildman–Crippen MR) is 126 cm³/mol. The number of cyclic esters (lactones) is 1. The monoisotopic (exact) mass is 466 g/mol. The Morgan fingerprint density at radius 2 is 1.85 bits per heavy atom. The molecule has 2 aromatic carbocycles. The third kappa shape index (κ3) is 5.06. The van der Waals surface area contributed by atoms with Gasteiger partial charge in [0.05, 0.1) is 0 Å². The second kappa shape index (κ2) is 9.70. The van der Waals surface area contributed by atoms with Crippen LogP contribution in [0, 0.1) is 6.92 Å². The number of esters is 1. The summed E-state index contributed by atoms with van der Waals surface area (Å²) in [5.41, 5.74) is 3.45. The number of rotatable bonds is 3. The van der Waals surface area contributed by atoms with Gasteiger partial charge in [0.2, 0.25) is 0 Å². The highest BCUT2D eigenvalue weighted by molar-refractivity contribution is 6.00. The zero-order valence-electron chi connectivity index (χ0n) is 20.1. The SMILES string of the molecule is COCOc1cc(C)cc2c1C(=O)O[C@@H](C)C/C=C\C(=O)[C@H]1OC(C)(C)O[C@@H]1c1cccc-2c1. The quantitative estimate of drug-likeness (QED) is 0.470. The molecule has 0 spiro atoms. The highest BCUT2D eigenvalue weighted by Gasteiger charge is 2.45. The molecule has 7 nitrogen and oxygen atoms in total. The Balaban J connectivity index is 1.90. The number of carbonyl (C=O) groups is 2. The third-order valence-electron chi connectivity index (χ3n) is 5.74. The Hall–Kier alpha value is -3.00. The largest absolute Gasteiger partial charge is 0.467 e. The van der Waals surface area contributed by atoms with E-state index in [1.807, 2.05) is 37.3 Å². The highest BCUT2D eigenvalue weighted by Crippen LogP contribution is 2.41. The first kappa shape index (κ1) is 24.1. The van der Waals surface area contributed by atoms with Crippen molar-refractivity contribution >= 4 is 11.8 Å². The van der Waals surface area contributed by atoms with Gasteiger partial charge in [-0.2, -0.15) is 0 Å². The van der Waals surface area contributed by atoms with E-state index < -0.39 is 30.1 Å². The number of aryl methyl sites for hydroxylation is 1. The average Bonchev–Trinajstić information content (AvgIpc) is 3.12. The Morgan fingerprint density at radius 1 is 1.09 bits per heavy atom. The lowest BCUT2D eigenvalue weighted by molar-refractivity contribution is -0.153. The van der Waals surface area contributed by atoms with Crippen LogP contribution in [0.1, 0.15) is 54.8 Å². The minimum Gasteiger partial charge on any atom is -0.467 e. The minimum atomic E-state index is -0.912. The summed E-state index contributed by atoms with van der Waals surface area (Å²) in [4.78, 5) is 26.3. The van der Waals surface area contributed by atoms with E-state index in [0.717, 1.165) is 16.7 Å². The van der Waals surface area contributed by atoms with Crippen LogP contribution in [0.5, 0.6) is 5.75 Å². The van der Waals surface area contributed by atoms with Gasteiger partial charge in [-0.25, -0.2) is 4.79 Å². The summed E-state index contributed by atoms with van der Waals surface area (Å²) in [7, 11) is 1.52. The lowest BCUT2D eigenvalue weighted by Crippen LogP contribution is -2.27. The second-order valence-corrected chi connectivity index (χ2v) is 9.10. The number of fused-ring (bicyclic) bond motifs is 6. The van der Waals surface area contributed by atoms with Gasteiger partial charge in [0.1, 0.15) is 23.5 Å². The van der Waals surface area contributed by atoms with Crippen LogP contribution in [0.3, 0.4) is 0 Å². The minimum absolute atomic E-state index is 0.00632. The first-order chi connectivity index (χ1) is 16.2. The van der Waals surface area contributed by atoms with Crippen LogP contribution in [-0.4, -0.2) is 43.7 Å². The molecular weight excluding hydrogens is 436 g/mol. The zero-order valence-corrected chi connectivity index (χ0v) is 20.1. The molecule has 2 aliphatic heterocycles. The number of hydrogen-bond acceptors (Lipinski definition) is 7. The van der Waals surface area contributed by atoms with Gasteiger partial charge in [0.15, 0.2) is 24.5 Å². The first-order valence-corrected chi connectivity index (χ1v) is 11.3. The normalized spacial score (nSPS) is 25.0. The first-order valence-electron chi connectivity index (χ1n) is 11.3. The lowest BCUT2D eigenvalue weighted by Gasteiger charge is -2.20. The highest BCUT2D eigenvalue weighted by atomic mass is 16.8. The average molecular weight is 467 g/mol. The molecule has 7 heteroatoms. The van der Waals surface area contributed by atoms with Gasteiger partial charge in [-0.05, 0) is 62.6 Å². The Labute approximate surface area is 199 Å². The van der Waals surface area contributed by atoms with E-state index in [-0.39, 0.29) is 12.6 Å². The summed E-state index contributed by atoms with van der Waals surface area (Å²) < 4.78 is 28.7. The fraction of sp³-hybridized carbons (Fsp3) is 0.407. The molecule has 2 bridgehead atoms. The van der Waals surface area contributed by atoms with Crippen molar-refractivity contribution in [3.8, 4) is 16.9 Å². The molecular formula is C27H30O7. The van der Waals surface area contributed by atoms with Gasteiger partial charge in [-0.15, -0.1) is 0 Å². The van der Waals surface area contributed by atoms with Crippen molar-refractivity contribution in [3.63, 3.8) is 0 Å². The molecule has 0 unspecified atom stereocenters. The molecule has 0 amide bonds. The van der Waals surface area contributed by atoms with E-state index in [4.69, 9.17) is 23.7 Å². The molecule has 2 aromatic rings. The van der Waals surface area contributed by atoms with Gasteiger partial charge in [0.25, 0.3) is 0 Å². The van der Waals surface area contributed by atoms with E-state index in [9.17, 15) is 9.59 Å². The number of ketones is 1. The predicted octanol–water partition coefficient (Wildman–Crippen LogP) is 4.91. The van der Waals surface area contributed by atoms with Crippen molar-refractivity contribution in [1.29, 1.82) is 0 Å². The van der Waals surface area contributed by atoms with Crippen molar-refractivity contribution in [1.82, 2.24) is 0 Å². The summed E-state index contributed by atoms with van der Waals surface area (Å²) in [5, 5.41) is 0. The number of hydrogen-bond donors (Lipinski definition) is 0. The van der Waals surface area contributed by atoms with Crippen LogP contribution in [0.4, 0.5) is 0 Å². The van der Waals surface area contributed by atoms with Crippen LogP contribution in [0.15, 0.2) is 48.6 Å². The number of methoxy groups -OCH3 is 1. The van der Waals surface area contributed by atoms with Gasteiger partial charge >= 0.3 is 5.97 Å². The molecule has 1 fully saturated rings. The molecule has 0 aliphatic carbocycles. The summed E-state index contributed by atoms with van der Waals surface area (Å²) in [6.45, 7) is 7.29. The van der Waals surface area contributed by atoms with Crippen LogP contribution in [0.2, 0.25) is 0 Å². The van der Waals surface area contributed by atoms with Crippen molar-refractivity contribution in [2.45, 2.75) is 58.2 Å². The van der Waals surface area contributed by atoms with Gasteiger partial charge in [-0.3, -0.25) is 4.79 Å². The molecule has 0 aromatic heterocycles. The van der Waals surface area contributed by atoms with E-state index in [0.29, 0.717) is 23.3 Å². The molecule has 0 N–H and O–H groups in total. The molecule has 0 radical (unpaired) electrons. The summed E-state index contributed by atoms with van der Waals surface area (Å²) in [6.07, 6.45) is 1.74. The molecule has 180 valence electrons. The van der Waals surface area contributed by atoms with Gasteiger partial charge in [0, 0.05) is 19.1 Å². The van der Waals surface area contributed by atoms with E-state index >= 15 is 0 Å². The Kier molecular flexibility index (Phi) is 6.89. The van der Waals surface area contributed by atoms with Crippen LogP contribution >= 0.6 is 0 Å². The van der Waals surface area contributed by atoms with Crippen LogP contribution in [-0.2, 0) is 23.7 Å². The summed E-state index contributed by atoms with van der Waals surface area (Å²) in [5.74, 6) is -1.22. The smallest absolute Gasteiger partial charge is 0.342 e. The fourth-order valence-electron chi connectivity index (χ4n) is 4.28. The van der Waals surface area contributed by atoms with Crippen LogP contribution < -0.4 is 4.74 Å². The summed E-state index contributed by atoms with van der Waals surface area (Å²) >= 11 is 0. The van der Waals surface area contributed by atoms with Gasteiger partial charge < -0.3 is 23.7 Å². The van der Waals surface area contributed by atoms with Crippen molar-refractivity contribution in [3.05, 3.63) is 65.2 Å².